The molecule has 0 radical (unpaired) electrons. The maximum absolute atomic E-state index is 11.7. The molecule has 0 fully saturated rings. The standard InChI is InChI=1S/C21H31NO3/c1-4-5-6-7-8-20(23)22-15-16-25-21(24)14-11-18-9-12-19(13-10-18)17(2)3/h9-14,17H,4-8,15-16H2,1-3H3,(H,22,23)/b14-11+. The minimum absolute atomic E-state index is 0.0212. The van der Waals surface area contributed by atoms with Gasteiger partial charge in [-0.05, 0) is 29.5 Å². The summed E-state index contributed by atoms with van der Waals surface area (Å²) in [7, 11) is 0. The lowest BCUT2D eigenvalue weighted by Gasteiger charge is -2.06. The molecular weight excluding hydrogens is 314 g/mol. The molecule has 1 rings (SSSR count). The number of rotatable bonds is 11. The Morgan fingerprint density at radius 2 is 1.84 bits per heavy atom. The van der Waals surface area contributed by atoms with Gasteiger partial charge in [-0.1, -0.05) is 64.3 Å². The zero-order chi connectivity index (χ0) is 18.5. The van der Waals surface area contributed by atoms with Gasteiger partial charge in [0.2, 0.25) is 5.91 Å². The van der Waals surface area contributed by atoms with Crippen LogP contribution in [0.4, 0.5) is 0 Å². The van der Waals surface area contributed by atoms with Crippen LogP contribution in [0.3, 0.4) is 0 Å². The topological polar surface area (TPSA) is 55.4 Å². The summed E-state index contributed by atoms with van der Waals surface area (Å²) >= 11 is 0. The summed E-state index contributed by atoms with van der Waals surface area (Å²) in [5.74, 6) is 0.114. The Kier molecular flexibility index (Phi) is 10.3. The fourth-order valence-corrected chi connectivity index (χ4v) is 2.35. The molecule has 0 unspecified atom stereocenters. The van der Waals surface area contributed by atoms with Crippen LogP contribution in [0.2, 0.25) is 0 Å². The quantitative estimate of drug-likeness (QED) is 0.366. The van der Waals surface area contributed by atoms with Gasteiger partial charge in [-0.25, -0.2) is 4.79 Å². The molecule has 0 aliphatic rings. The van der Waals surface area contributed by atoms with E-state index in [1.165, 1.54) is 11.6 Å². The summed E-state index contributed by atoms with van der Waals surface area (Å²) in [5.41, 5.74) is 2.23. The summed E-state index contributed by atoms with van der Waals surface area (Å²) < 4.78 is 5.08. The molecule has 4 heteroatoms. The lowest BCUT2D eigenvalue weighted by Crippen LogP contribution is -2.27. The number of hydrogen-bond donors (Lipinski definition) is 1. The van der Waals surface area contributed by atoms with Crippen LogP contribution < -0.4 is 5.32 Å². The second-order valence-electron chi connectivity index (χ2n) is 6.48. The molecule has 0 spiro atoms. The average molecular weight is 345 g/mol. The molecule has 4 nitrogen and oxygen atoms in total. The van der Waals surface area contributed by atoms with E-state index in [2.05, 4.69) is 38.2 Å². The molecule has 138 valence electrons. The Morgan fingerprint density at radius 3 is 2.48 bits per heavy atom. The van der Waals surface area contributed by atoms with Crippen molar-refractivity contribution in [2.45, 2.75) is 58.8 Å². The molecule has 0 atom stereocenters. The first kappa shape index (κ1) is 20.9. The third-order valence-electron chi connectivity index (χ3n) is 3.94. The molecule has 1 amide bonds. The number of carbonyl (C=O) groups is 2. The second-order valence-corrected chi connectivity index (χ2v) is 6.48. The van der Waals surface area contributed by atoms with E-state index >= 15 is 0 Å². The number of benzene rings is 1. The Morgan fingerprint density at radius 1 is 1.12 bits per heavy atom. The van der Waals surface area contributed by atoms with Gasteiger partial charge in [-0.15, -0.1) is 0 Å². The van der Waals surface area contributed by atoms with E-state index < -0.39 is 5.97 Å². The molecule has 0 saturated carbocycles. The zero-order valence-corrected chi connectivity index (χ0v) is 15.7. The highest BCUT2D eigenvalue weighted by molar-refractivity contribution is 5.87. The van der Waals surface area contributed by atoms with Crippen molar-refractivity contribution in [1.82, 2.24) is 5.32 Å². The number of amides is 1. The largest absolute Gasteiger partial charge is 0.461 e. The summed E-state index contributed by atoms with van der Waals surface area (Å²) in [6, 6.07) is 8.09. The molecule has 1 N–H and O–H groups in total. The van der Waals surface area contributed by atoms with E-state index in [1.54, 1.807) is 6.08 Å². The Balaban J connectivity index is 2.18. The summed E-state index contributed by atoms with van der Waals surface area (Å²) in [4.78, 5) is 23.2. The molecule has 25 heavy (non-hydrogen) atoms. The van der Waals surface area contributed by atoms with Crippen LogP contribution in [0.1, 0.15) is 69.9 Å². The SMILES string of the molecule is CCCCCCC(=O)NCCOC(=O)/C=C/c1ccc(C(C)C)cc1. The van der Waals surface area contributed by atoms with Gasteiger partial charge in [0.15, 0.2) is 0 Å². The molecule has 1 aromatic carbocycles. The minimum atomic E-state index is -0.398. The highest BCUT2D eigenvalue weighted by atomic mass is 16.5. The van der Waals surface area contributed by atoms with Crippen LogP contribution in [-0.4, -0.2) is 25.0 Å². The van der Waals surface area contributed by atoms with Crippen LogP contribution in [0.25, 0.3) is 6.08 Å². The molecular formula is C21H31NO3. The highest BCUT2D eigenvalue weighted by Gasteiger charge is 2.02. The minimum Gasteiger partial charge on any atom is -0.461 e. The van der Waals surface area contributed by atoms with Crippen molar-refractivity contribution in [3.63, 3.8) is 0 Å². The number of unbranched alkanes of at least 4 members (excludes halogenated alkanes) is 3. The number of esters is 1. The van der Waals surface area contributed by atoms with Crippen molar-refractivity contribution in [1.29, 1.82) is 0 Å². The fourth-order valence-electron chi connectivity index (χ4n) is 2.35. The first-order valence-electron chi connectivity index (χ1n) is 9.24. The summed E-state index contributed by atoms with van der Waals surface area (Å²) in [6.45, 7) is 6.98. The summed E-state index contributed by atoms with van der Waals surface area (Å²) in [5, 5.41) is 2.77. The van der Waals surface area contributed by atoms with Crippen LogP contribution in [0.5, 0.6) is 0 Å². The molecule has 0 aliphatic heterocycles. The third-order valence-corrected chi connectivity index (χ3v) is 3.94. The maximum atomic E-state index is 11.7. The van der Waals surface area contributed by atoms with Gasteiger partial charge in [0, 0.05) is 12.5 Å². The van der Waals surface area contributed by atoms with E-state index in [-0.39, 0.29) is 12.5 Å². The van der Waals surface area contributed by atoms with Gasteiger partial charge < -0.3 is 10.1 Å². The molecule has 0 heterocycles. The van der Waals surface area contributed by atoms with Crippen molar-refractivity contribution >= 4 is 18.0 Å². The van der Waals surface area contributed by atoms with E-state index in [9.17, 15) is 9.59 Å². The van der Waals surface area contributed by atoms with Crippen molar-refractivity contribution in [2.75, 3.05) is 13.2 Å². The monoisotopic (exact) mass is 345 g/mol. The van der Waals surface area contributed by atoms with Crippen molar-refractivity contribution in [2.24, 2.45) is 0 Å². The van der Waals surface area contributed by atoms with Crippen LogP contribution >= 0.6 is 0 Å². The number of nitrogens with one attached hydrogen (secondary N) is 1. The third kappa shape index (κ3) is 9.70. The second kappa shape index (κ2) is 12.3. The van der Waals surface area contributed by atoms with E-state index in [1.807, 2.05) is 12.1 Å². The Labute approximate surface area is 151 Å². The smallest absolute Gasteiger partial charge is 0.330 e. The number of carbonyl (C=O) groups excluding carboxylic acids is 2. The number of hydrogen-bond acceptors (Lipinski definition) is 3. The van der Waals surface area contributed by atoms with E-state index in [4.69, 9.17) is 4.74 Å². The molecule has 0 aliphatic carbocycles. The van der Waals surface area contributed by atoms with Crippen LogP contribution in [0, 0.1) is 0 Å². The van der Waals surface area contributed by atoms with Gasteiger partial charge in [0.1, 0.15) is 6.61 Å². The van der Waals surface area contributed by atoms with E-state index in [0.717, 1.165) is 31.2 Å². The zero-order valence-electron chi connectivity index (χ0n) is 15.7. The lowest BCUT2D eigenvalue weighted by molar-refractivity contribution is -0.138. The molecule has 0 bridgehead atoms. The highest BCUT2D eigenvalue weighted by Crippen LogP contribution is 2.15. The van der Waals surface area contributed by atoms with Crippen LogP contribution in [0.15, 0.2) is 30.3 Å². The van der Waals surface area contributed by atoms with Crippen molar-refractivity contribution in [3.8, 4) is 0 Å². The van der Waals surface area contributed by atoms with Gasteiger partial charge in [0.25, 0.3) is 0 Å². The molecule has 1 aromatic rings. The maximum Gasteiger partial charge on any atom is 0.330 e. The normalized spacial score (nSPS) is 11.0. The van der Waals surface area contributed by atoms with Gasteiger partial charge >= 0.3 is 5.97 Å². The van der Waals surface area contributed by atoms with Gasteiger partial charge in [0.05, 0.1) is 6.54 Å². The first-order chi connectivity index (χ1) is 12.0. The predicted octanol–water partition coefficient (Wildman–Crippen LogP) is 4.45. The van der Waals surface area contributed by atoms with Gasteiger partial charge in [-0.3, -0.25) is 4.79 Å². The van der Waals surface area contributed by atoms with Gasteiger partial charge in [-0.2, -0.15) is 0 Å². The molecule has 0 saturated heterocycles. The molecule has 0 aromatic heterocycles. The summed E-state index contributed by atoms with van der Waals surface area (Å²) in [6.07, 6.45) is 8.01. The van der Waals surface area contributed by atoms with E-state index in [0.29, 0.717) is 18.9 Å². The number of ether oxygens (including phenoxy) is 1. The van der Waals surface area contributed by atoms with Crippen molar-refractivity contribution in [3.05, 3.63) is 41.5 Å². The predicted molar refractivity (Wildman–Crippen MR) is 102 cm³/mol. The first-order valence-corrected chi connectivity index (χ1v) is 9.24. The average Bonchev–Trinajstić information content (AvgIpc) is 2.61. The van der Waals surface area contributed by atoms with Crippen molar-refractivity contribution < 1.29 is 14.3 Å². The van der Waals surface area contributed by atoms with Crippen LogP contribution in [-0.2, 0) is 14.3 Å². The Bertz CT molecular complexity index is 547. The Hall–Kier alpha value is -2.10. The fraction of sp³-hybridized carbons (Fsp3) is 0.524. The lowest BCUT2D eigenvalue weighted by atomic mass is 10.0.